The number of ether oxygens (including phenoxy) is 4. The average Bonchev–Trinajstić information content (AvgIpc) is 2.62. The fourth-order valence-electron chi connectivity index (χ4n) is 1.70. The van der Waals surface area contributed by atoms with E-state index in [2.05, 4.69) is 0 Å². The van der Waals surface area contributed by atoms with Crippen LogP contribution in [-0.2, 0) is 18.9 Å². The second-order valence-electron chi connectivity index (χ2n) is 4.44. The van der Waals surface area contributed by atoms with Crippen molar-refractivity contribution in [3.8, 4) is 0 Å². The lowest BCUT2D eigenvalue weighted by Crippen LogP contribution is -2.13. The molecule has 0 aliphatic carbocycles. The molecule has 25 heavy (non-hydrogen) atoms. The molecule has 0 amide bonds. The summed E-state index contributed by atoms with van der Waals surface area (Å²) in [7, 11) is 0. The van der Waals surface area contributed by atoms with E-state index in [9.17, 15) is 9.59 Å². The molecule has 0 aromatic heterocycles. The summed E-state index contributed by atoms with van der Waals surface area (Å²) in [6, 6.07) is 4.16. The van der Waals surface area contributed by atoms with E-state index in [0.717, 1.165) is 0 Å². The van der Waals surface area contributed by atoms with Crippen LogP contribution in [-0.4, -0.2) is 49.4 Å². The van der Waals surface area contributed by atoms with E-state index in [1.165, 1.54) is 12.1 Å². The predicted octanol–water partition coefficient (Wildman–Crippen LogP) is 2.74. The van der Waals surface area contributed by atoms with Crippen LogP contribution in [0.25, 0.3) is 6.08 Å². The van der Waals surface area contributed by atoms with Crippen molar-refractivity contribution in [3.05, 3.63) is 41.0 Å². The third-order valence-electron chi connectivity index (χ3n) is 2.80. The number of halogens is 2. The number of hydrogen-bond donors (Lipinski definition) is 1. The first-order chi connectivity index (χ1) is 12.1. The molecule has 0 atom stereocenters. The summed E-state index contributed by atoms with van der Waals surface area (Å²) < 4.78 is 19.3. The normalized spacial score (nSPS) is 10.8. The number of carbonyl (C=O) groups excluding carboxylic acids is 2. The first-order valence-corrected chi connectivity index (χ1v) is 8.24. The van der Waals surface area contributed by atoms with E-state index >= 15 is 0 Å². The quantitative estimate of drug-likeness (QED) is 0.268. The predicted molar refractivity (Wildman–Crippen MR) is 91.4 cm³/mol. The molecular formula is C16H18Cl2O7. The van der Waals surface area contributed by atoms with Gasteiger partial charge in [0.2, 0.25) is 0 Å². The molecular weight excluding hydrogens is 375 g/mol. The van der Waals surface area contributed by atoms with Gasteiger partial charge in [-0.2, -0.15) is 0 Å². The number of rotatable bonds is 11. The van der Waals surface area contributed by atoms with Crippen molar-refractivity contribution in [2.75, 3.05) is 32.3 Å². The molecule has 7 nitrogen and oxygen atoms in total. The van der Waals surface area contributed by atoms with Crippen molar-refractivity contribution in [2.45, 2.75) is 6.42 Å². The molecule has 0 unspecified atom stereocenters. The topological polar surface area (TPSA) is 91.3 Å². The van der Waals surface area contributed by atoms with Crippen LogP contribution in [0.5, 0.6) is 0 Å². The van der Waals surface area contributed by atoms with Crippen LogP contribution in [0.15, 0.2) is 24.3 Å². The molecule has 1 aromatic carbocycles. The van der Waals surface area contributed by atoms with E-state index in [1.807, 2.05) is 0 Å². The summed E-state index contributed by atoms with van der Waals surface area (Å²) >= 11 is 10.7. The monoisotopic (exact) mass is 392 g/mol. The maximum absolute atomic E-state index is 12.2. The van der Waals surface area contributed by atoms with Crippen LogP contribution in [0.4, 0.5) is 0 Å². The van der Waals surface area contributed by atoms with Crippen molar-refractivity contribution in [3.63, 3.8) is 0 Å². The van der Waals surface area contributed by atoms with Crippen LogP contribution < -0.4 is 0 Å². The molecule has 0 spiro atoms. The number of aliphatic hydroxyl groups excluding tert-OH is 1. The number of carbonyl (C=O) groups is 2. The molecule has 1 N–H and O–H groups in total. The van der Waals surface area contributed by atoms with Gasteiger partial charge < -0.3 is 24.1 Å². The number of benzene rings is 1. The van der Waals surface area contributed by atoms with Crippen molar-refractivity contribution in [1.29, 1.82) is 0 Å². The summed E-state index contributed by atoms with van der Waals surface area (Å²) in [5.74, 6) is -1.37. The highest BCUT2D eigenvalue weighted by Crippen LogP contribution is 2.17. The molecule has 0 aliphatic rings. The Balaban J connectivity index is 2.97. The van der Waals surface area contributed by atoms with Crippen molar-refractivity contribution in [1.82, 2.24) is 0 Å². The Bertz CT molecular complexity index is 590. The Hall–Kier alpha value is -1.64. The second kappa shape index (κ2) is 12.7. The van der Waals surface area contributed by atoms with Gasteiger partial charge in [0.15, 0.2) is 13.6 Å². The molecule has 1 rings (SSSR count). The van der Waals surface area contributed by atoms with Gasteiger partial charge in [0.25, 0.3) is 0 Å². The van der Waals surface area contributed by atoms with Gasteiger partial charge in [-0.3, -0.25) is 0 Å². The fraction of sp³-hybridized carbons (Fsp3) is 0.375. The summed E-state index contributed by atoms with van der Waals surface area (Å²) in [4.78, 5) is 24.1. The van der Waals surface area contributed by atoms with Gasteiger partial charge >= 0.3 is 11.9 Å². The van der Waals surface area contributed by atoms with Crippen molar-refractivity contribution >= 4 is 41.2 Å². The van der Waals surface area contributed by atoms with Crippen molar-refractivity contribution in [2.24, 2.45) is 0 Å². The number of alkyl halides is 2. The molecule has 0 saturated carbocycles. The molecule has 138 valence electrons. The lowest BCUT2D eigenvalue weighted by atomic mass is 10.0. The maximum Gasteiger partial charge on any atom is 0.340 e. The summed E-state index contributed by atoms with van der Waals surface area (Å²) in [5, 5.41) is 8.83. The highest BCUT2D eigenvalue weighted by atomic mass is 35.5. The molecule has 9 heteroatoms. The van der Waals surface area contributed by atoms with Crippen LogP contribution >= 0.6 is 23.2 Å². The zero-order valence-electron chi connectivity index (χ0n) is 13.3. The minimum atomic E-state index is -0.694. The third-order valence-corrected chi connectivity index (χ3v) is 3.11. The number of hydrogen-bond acceptors (Lipinski definition) is 7. The smallest absolute Gasteiger partial charge is 0.340 e. The first kappa shape index (κ1) is 21.4. The average molecular weight is 393 g/mol. The Kier molecular flexibility index (Phi) is 10.9. The van der Waals surface area contributed by atoms with Crippen LogP contribution in [0, 0.1) is 0 Å². The highest BCUT2D eigenvalue weighted by molar-refractivity contribution is 6.17. The largest absolute Gasteiger partial charge is 0.435 e. The molecule has 0 bridgehead atoms. The van der Waals surface area contributed by atoms with Gasteiger partial charge in [-0.15, -0.1) is 0 Å². The minimum absolute atomic E-state index is 0.0230. The molecule has 0 aliphatic heterocycles. The van der Waals surface area contributed by atoms with Gasteiger partial charge in [-0.1, -0.05) is 41.4 Å². The van der Waals surface area contributed by atoms with Gasteiger partial charge in [0, 0.05) is 6.61 Å². The molecule has 0 fully saturated rings. The maximum atomic E-state index is 12.2. The number of esters is 2. The standard InChI is InChI=1S/C16H18Cl2O7/c17-8-22-10-24-15(20)13-5-4-12(3-1-2-6-19)14(7-13)16(21)25-11-23-9-18/h1,3-5,7,19H,2,6,8-11H2/b3-1+. The second-order valence-corrected chi connectivity index (χ2v) is 4.88. The van der Waals surface area contributed by atoms with Crippen molar-refractivity contribution < 1.29 is 33.6 Å². The minimum Gasteiger partial charge on any atom is -0.435 e. The summed E-state index contributed by atoms with van der Waals surface area (Å²) in [6.07, 6.45) is 3.75. The Morgan fingerprint density at radius 2 is 1.68 bits per heavy atom. The van der Waals surface area contributed by atoms with Crippen LogP contribution in [0.1, 0.15) is 32.7 Å². The molecule has 1 aromatic rings. The van der Waals surface area contributed by atoms with Crippen LogP contribution in [0.2, 0.25) is 0 Å². The SMILES string of the molecule is O=C(OCOCCl)c1ccc(/C=C/CCO)c(C(=O)OCOCCl)c1. The van der Waals surface area contributed by atoms with Gasteiger partial charge in [0.1, 0.15) is 12.1 Å². The van der Waals surface area contributed by atoms with E-state index in [4.69, 9.17) is 47.3 Å². The van der Waals surface area contributed by atoms with Gasteiger partial charge in [-0.05, 0) is 24.1 Å². The zero-order chi connectivity index (χ0) is 18.5. The molecule has 0 heterocycles. The highest BCUT2D eigenvalue weighted by Gasteiger charge is 2.16. The van der Waals surface area contributed by atoms with Gasteiger partial charge in [0.05, 0.1) is 11.1 Å². The van der Waals surface area contributed by atoms with E-state index in [0.29, 0.717) is 12.0 Å². The van der Waals surface area contributed by atoms with E-state index in [-0.39, 0.29) is 43.5 Å². The number of aliphatic hydroxyl groups is 1. The Morgan fingerprint density at radius 1 is 1.04 bits per heavy atom. The zero-order valence-corrected chi connectivity index (χ0v) is 14.8. The first-order valence-electron chi connectivity index (χ1n) is 7.17. The Morgan fingerprint density at radius 3 is 2.28 bits per heavy atom. The van der Waals surface area contributed by atoms with Gasteiger partial charge in [-0.25, -0.2) is 9.59 Å². The third kappa shape index (κ3) is 7.85. The molecule has 0 saturated heterocycles. The summed E-state index contributed by atoms with van der Waals surface area (Å²) in [5.41, 5.74) is 0.792. The lowest BCUT2D eigenvalue weighted by molar-refractivity contribution is -0.0180. The molecule has 0 radical (unpaired) electrons. The Labute approximate surface area is 155 Å². The van der Waals surface area contributed by atoms with Crippen LogP contribution in [0.3, 0.4) is 0 Å². The summed E-state index contributed by atoms with van der Waals surface area (Å²) in [6.45, 7) is -0.644. The fourth-order valence-corrected chi connectivity index (χ4v) is 1.83. The lowest BCUT2D eigenvalue weighted by Gasteiger charge is -2.10. The van der Waals surface area contributed by atoms with E-state index in [1.54, 1.807) is 18.2 Å². The van der Waals surface area contributed by atoms with E-state index < -0.39 is 11.9 Å².